The van der Waals surface area contributed by atoms with Gasteiger partial charge < -0.3 is 10.6 Å². The predicted octanol–water partition coefficient (Wildman–Crippen LogP) is 4.11. The molecule has 0 radical (unpaired) electrons. The van der Waals surface area contributed by atoms with Crippen LogP contribution in [0.25, 0.3) is 0 Å². The van der Waals surface area contributed by atoms with Crippen LogP contribution in [-0.2, 0) is 11.2 Å². The number of amides is 2. The van der Waals surface area contributed by atoms with Crippen molar-refractivity contribution in [3.8, 4) is 0 Å². The van der Waals surface area contributed by atoms with E-state index in [1.807, 2.05) is 36.4 Å². The van der Waals surface area contributed by atoms with Gasteiger partial charge in [-0.15, -0.1) is 0 Å². The molecule has 0 unspecified atom stereocenters. The van der Waals surface area contributed by atoms with E-state index in [9.17, 15) is 14.0 Å². The summed E-state index contributed by atoms with van der Waals surface area (Å²) in [7, 11) is 0. The summed E-state index contributed by atoms with van der Waals surface area (Å²) in [6.07, 6.45) is 0.319. The monoisotopic (exact) mass is 376 g/mol. The summed E-state index contributed by atoms with van der Waals surface area (Å²) in [4.78, 5) is 25.4. The van der Waals surface area contributed by atoms with Crippen LogP contribution in [0.15, 0.2) is 78.9 Å². The van der Waals surface area contributed by atoms with Gasteiger partial charge in [-0.25, -0.2) is 4.39 Å². The molecule has 2 N–H and O–H groups in total. The largest absolute Gasteiger partial charge is 0.340 e. The number of halogens is 1. The Morgan fingerprint density at radius 2 is 1.57 bits per heavy atom. The zero-order chi connectivity index (χ0) is 19.9. The fourth-order valence-corrected chi connectivity index (χ4v) is 2.79. The SMILES string of the molecule is Cc1ccc(NC(=O)[C@H](Cc2ccccc2)NC(=O)c2ccccc2)cc1F. The van der Waals surface area contributed by atoms with Crippen LogP contribution < -0.4 is 10.6 Å². The maximum Gasteiger partial charge on any atom is 0.251 e. The Balaban J connectivity index is 1.79. The molecule has 0 heterocycles. The third-order valence-electron chi connectivity index (χ3n) is 4.38. The smallest absolute Gasteiger partial charge is 0.251 e. The van der Waals surface area contributed by atoms with E-state index in [2.05, 4.69) is 10.6 Å². The van der Waals surface area contributed by atoms with E-state index in [4.69, 9.17) is 0 Å². The van der Waals surface area contributed by atoms with Gasteiger partial charge in [-0.3, -0.25) is 9.59 Å². The van der Waals surface area contributed by atoms with Crippen molar-refractivity contribution in [1.29, 1.82) is 0 Å². The molecule has 0 aromatic heterocycles. The Hall–Kier alpha value is -3.47. The second kappa shape index (κ2) is 8.95. The average Bonchev–Trinajstić information content (AvgIpc) is 2.71. The topological polar surface area (TPSA) is 58.2 Å². The molecule has 3 aromatic rings. The zero-order valence-electron chi connectivity index (χ0n) is 15.5. The van der Waals surface area contributed by atoms with Gasteiger partial charge in [-0.05, 0) is 42.3 Å². The Kier molecular flexibility index (Phi) is 6.17. The summed E-state index contributed by atoms with van der Waals surface area (Å²) in [6, 6.07) is 21.8. The highest BCUT2D eigenvalue weighted by Crippen LogP contribution is 2.15. The van der Waals surface area contributed by atoms with E-state index in [-0.39, 0.29) is 5.91 Å². The number of carbonyl (C=O) groups is 2. The molecule has 3 rings (SSSR count). The maximum absolute atomic E-state index is 13.8. The molecular formula is C23H21FN2O2. The zero-order valence-corrected chi connectivity index (χ0v) is 15.5. The van der Waals surface area contributed by atoms with E-state index >= 15 is 0 Å². The summed E-state index contributed by atoms with van der Waals surface area (Å²) in [6.45, 7) is 1.65. The third kappa shape index (κ3) is 5.04. The van der Waals surface area contributed by atoms with E-state index in [0.29, 0.717) is 23.2 Å². The molecule has 28 heavy (non-hydrogen) atoms. The van der Waals surface area contributed by atoms with E-state index in [1.54, 1.807) is 43.3 Å². The van der Waals surface area contributed by atoms with Crippen molar-refractivity contribution >= 4 is 17.5 Å². The molecular weight excluding hydrogens is 355 g/mol. The van der Waals surface area contributed by atoms with Crippen LogP contribution >= 0.6 is 0 Å². The first kappa shape index (κ1) is 19.3. The first-order chi connectivity index (χ1) is 13.5. The molecule has 0 fully saturated rings. The Bertz CT molecular complexity index is 959. The lowest BCUT2D eigenvalue weighted by atomic mass is 10.0. The molecule has 4 nitrogen and oxygen atoms in total. The first-order valence-electron chi connectivity index (χ1n) is 9.00. The molecule has 0 aliphatic rings. The highest BCUT2D eigenvalue weighted by atomic mass is 19.1. The quantitative estimate of drug-likeness (QED) is 0.680. The van der Waals surface area contributed by atoms with E-state index in [0.717, 1.165) is 5.56 Å². The summed E-state index contributed by atoms with van der Waals surface area (Å²) >= 11 is 0. The Morgan fingerprint density at radius 3 is 2.21 bits per heavy atom. The molecule has 142 valence electrons. The number of carbonyl (C=O) groups excluding carboxylic acids is 2. The van der Waals surface area contributed by atoms with Crippen molar-refractivity contribution in [3.63, 3.8) is 0 Å². The van der Waals surface area contributed by atoms with Gasteiger partial charge in [-0.2, -0.15) is 0 Å². The minimum atomic E-state index is -0.806. The molecule has 1 atom stereocenters. The van der Waals surface area contributed by atoms with Gasteiger partial charge in [0, 0.05) is 17.7 Å². The van der Waals surface area contributed by atoms with Gasteiger partial charge >= 0.3 is 0 Å². The highest BCUT2D eigenvalue weighted by molar-refractivity contribution is 6.01. The summed E-state index contributed by atoms with van der Waals surface area (Å²) < 4.78 is 13.8. The van der Waals surface area contributed by atoms with Gasteiger partial charge in [0.15, 0.2) is 0 Å². The average molecular weight is 376 g/mol. The Morgan fingerprint density at radius 1 is 0.929 bits per heavy atom. The van der Waals surface area contributed by atoms with Gasteiger partial charge in [0.2, 0.25) is 5.91 Å². The van der Waals surface area contributed by atoms with Crippen molar-refractivity contribution in [2.24, 2.45) is 0 Å². The van der Waals surface area contributed by atoms with Gasteiger partial charge in [0.1, 0.15) is 11.9 Å². The van der Waals surface area contributed by atoms with Gasteiger partial charge in [0.05, 0.1) is 0 Å². The van der Waals surface area contributed by atoms with E-state index < -0.39 is 17.8 Å². The number of hydrogen-bond acceptors (Lipinski definition) is 2. The molecule has 0 saturated carbocycles. The second-order valence-electron chi connectivity index (χ2n) is 6.54. The second-order valence-corrected chi connectivity index (χ2v) is 6.54. The predicted molar refractivity (Wildman–Crippen MR) is 108 cm³/mol. The number of hydrogen-bond donors (Lipinski definition) is 2. The lowest BCUT2D eigenvalue weighted by Crippen LogP contribution is -2.45. The minimum absolute atomic E-state index is 0.319. The Labute approximate surface area is 163 Å². The normalized spacial score (nSPS) is 11.5. The van der Waals surface area contributed by atoms with Crippen molar-refractivity contribution in [3.05, 3.63) is 101 Å². The molecule has 0 spiro atoms. The molecule has 0 saturated heterocycles. The van der Waals surface area contributed by atoms with Gasteiger partial charge in [-0.1, -0.05) is 54.6 Å². The maximum atomic E-state index is 13.8. The molecule has 3 aromatic carbocycles. The van der Waals surface area contributed by atoms with E-state index in [1.165, 1.54) is 6.07 Å². The van der Waals surface area contributed by atoms with Crippen molar-refractivity contribution in [2.75, 3.05) is 5.32 Å². The van der Waals surface area contributed by atoms with Crippen LogP contribution in [0.2, 0.25) is 0 Å². The molecule has 5 heteroatoms. The lowest BCUT2D eigenvalue weighted by molar-refractivity contribution is -0.118. The number of benzene rings is 3. The number of anilines is 1. The van der Waals surface area contributed by atoms with Crippen LogP contribution in [0.3, 0.4) is 0 Å². The number of rotatable bonds is 6. The van der Waals surface area contributed by atoms with Gasteiger partial charge in [0.25, 0.3) is 5.91 Å². The minimum Gasteiger partial charge on any atom is -0.340 e. The fraction of sp³-hybridized carbons (Fsp3) is 0.130. The van der Waals surface area contributed by atoms with Crippen LogP contribution in [0.1, 0.15) is 21.5 Å². The highest BCUT2D eigenvalue weighted by Gasteiger charge is 2.22. The van der Waals surface area contributed by atoms with Crippen molar-refractivity contribution < 1.29 is 14.0 Å². The first-order valence-corrected chi connectivity index (χ1v) is 9.00. The summed E-state index contributed by atoms with van der Waals surface area (Å²) in [5.74, 6) is -1.14. The standard InChI is InChI=1S/C23H21FN2O2/c1-16-12-13-19(15-20(16)24)25-23(28)21(14-17-8-4-2-5-9-17)26-22(27)18-10-6-3-7-11-18/h2-13,15,21H,14H2,1H3,(H,25,28)(H,26,27)/t21-/m0/s1. The lowest BCUT2D eigenvalue weighted by Gasteiger charge is -2.19. The molecule has 0 aliphatic carbocycles. The van der Waals surface area contributed by atoms with Crippen LogP contribution in [0.4, 0.5) is 10.1 Å². The van der Waals surface area contributed by atoms with Crippen LogP contribution in [0.5, 0.6) is 0 Å². The molecule has 0 bridgehead atoms. The van der Waals surface area contributed by atoms with Crippen LogP contribution in [-0.4, -0.2) is 17.9 Å². The molecule has 2 amide bonds. The van der Waals surface area contributed by atoms with Crippen molar-refractivity contribution in [2.45, 2.75) is 19.4 Å². The van der Waals surface area contributed by atoms with Crippen LogP contribution in [0, 0.1) is 12.7 Å². The number of nitrogens with one attached hydrogen (secondary N) is 2. The number of aryl methyl sites for hydroxylation is 1. The van der Waals surface area contributed by atoms with Crippen molar-refractivity contribution in [1.82, 2.24) is 5.32 Å². The molecule has 0 aliphatic heterocycles. The fourth-order valence-electron chi connectivity index (χ4n) is 2.79. The summed E-state index contributed by atoms with van der Waals surface area (Å²) in [5.41, 5.74) is 2.22. The summed E-state index contributed by atoms with van der Waals surface area (Å²) in [5, 5.41) is 5.48. The third-order valence-corrected chi connectivity index (χ3v) is 4.38.